The molecule has 0 fully saturated rings. The predicted molar refractivity (Wildman–Crippen MR) is 135 cm³/mol. The highest BCUT2D eigenvalue weighted by Crippen LogP contribution is 2.35. The number of halogens is 4. The Balaban J connectivity index is 2.27. The van der Waals surface area contributed by atoms with Gasteiger partial charge in [0.25, 0.3) is 0 Å². The maximum atomic E-state index is 12.5. The highest BCUT2D eigenvalue weighted by atomic mass is 35.5. The molecule has 0 aliphatic carbocycles. The maximum absolute atomic E-state index is 12.5. The molecule has 0 N–H and O–H groups in total. The molecule has 2 aromatic carbocycles. The normalized spacial score (nSPS) is 10.5. The Morgan fingerprint density at radius 1 is 0.639 bits per heavy atom. The molecular weight excluding hydrogens is 558 g/mol. The minimum absolute atomic E-state index is 0.0731. The minimum atomic E-state index is -1.56. The summed E-state index contributed by atoms with van der Waals surface area (Å²) in [4.78, 5) is 50.0. The SMILES string of the molecule is CCCCOC(=O)c1cc(Cl)cc(Cl)c1OC(=O)C(=O)Oc1c(Cl)cc(Cl)cc1C(=O)OCCCC. The van der Waals surface area contributed by atoms with E-state index in [1.807, 2.05) is 13.8 Å². The molecule has 12 heteroatoms. The molecule has 0 aromatic heterocycles. The van der Waals surface area contributed by atoms with Gasteiger partial charge in [0, 0.05) is 10.0 Å². The molecule has 0 saturated carbocycles. The first-order valence-electron chi connectivity index (χ1n) is 10.8. The second-order valence-corrected chi connectivity index (χ2v) is 8.97. The van der Waals surface area contributed by atoms with Crippen molar-refractivity contribution in [1.82, 2.24) is 0 Å². The first-order valence-corrected chi connectivity index (χ1v) is 12.4. The van der Waals surface area contributed by atoms with Gasteiger partial charge in [-0.1, -0.05) is 73.1 Å². The molecule has 0 amide bonds. The smallest absolute Gasteiger partial charge is 0.423 e. The van der Waals surface area contributed by atoms with E-state index in [0.717, 1.165) is 12.8 Å². The van der Waals surface area contributed by atoms with Crippen LogP contribution in [0.15, 0.2) is 24.3 Å². The van der Waals surface area contributed by atoms with E-state index in [2.05, 4.69) is 0 Å². The molecule has 2 rings (SSSR count). The van der Waals surface area contributed by atoms with Gasteiger partial charge >= 0.3 is 23.9 Å². The molecule has 0 radical (unpaired) electrons. The fourth-order valence-corrected chi connectivity index (χ4v) is 3.74. The van der Waals surface area contributed by atoms with Gasteiger partial charge in [-0.05, 0) is 37.1 Å². The van der Waals surface area contributed by atoms with Gasteiger partial charge in [-0.2, -0.15) is 0 Å². The third-order valence-corrected chi connectivity index (χ3v) is 5.47. The Labute approximate surface area is 227 Å². The van der Waals surface area contributed by atoms with Crippen molar-refractivity contribution in [3.05, 3.63) is 55.5 Å². The summed E-state index contributed by atoms with van der Waals surface area (Å²) in [6.07, 6.45) is 2.76. The van der Waals surface area contributed by atoms with Crippen LogP contribution in [0.4, 0.5) is 0 Å². The Morgan fingerprint density at radius 2 is 1.00 bits per heavy atom. The van der Waals surface area contributed by atoms with Crippen LogP contribution in [0.5, 0.6) is 11.5 Å². The summed E-state index contributed by atoms with van der Waals surface area (Å²) in [7, 11) is 0. The summed E-state index contributed by atoms with van der Waals surface area (Å²) in [5, 5.41) is -0.306. The van der Waals surface area contributed by atoms with Gasteiger partial charge in [-0.25, -0.2) is 19.2 Å². The number of unbranched alkanes of at least 4 members (excludes halogenated alkanes) is 2. The van der Waals surface area contributed by atoms with Gasteiger partial charge in [-0.15, -0.1) is 0 Å². The standard InChI is InChI=1S/C24H22Cl4O8/c1-3-5-7-33-21(29)15-9-13(25)11-17(27)19(15)35-23(31)24(32)36-20-16(10-14(26)12-18(20)28)22(30)34-8-6-4-2/h9-12H,3-8H2,1-2H3. The first-order chi connectivity index (χ1) is 17.1. The molecule has 194 valence electrons. The van der Waals surface area contributed by atoms with Gasteiger partial charge in [0.15, 0.2) is 11.5 Å². The summed E-state index contributed by atoms with van der Waals surface area (Å²) in [5.74, 6) is -5.74. The predicted octanol–water partition coefficient (Wildman–Crippen LogP) is 6.73. The van der Waals surface area contributed by atoms with E-state index in [-0.39, 0.29) is 44.4 Å². The van der Waals surface area contributed by atoms with Gasteiger partial charge in [0.2, 0.25) is 0 Å². The van der Waals surface area contributed by atoms with Crippen molar-refractivity contribution in [3.63, 3.8) is 0 Å². The van der Waals surface area contributed by atoms with Crippen LogP contribution in [-0.2, 0) is 19.1 Å². The van der Waals surface area contributed by atoms with Crippen LogP contribution in [0, 0.1) is 0 Å². The van der Waals surface area contributed by atoms with Crippen LogP contribution in [0.25, 0.3) is 0 Å². The number of hydrogen-bond donors (Lipinski definition) is 0. The summed E-state index contributed by atoms with van der Waals surface area (Å²) in [6, 6.07) is 4.77. The Morgan fingerprint density at radius 3 is 1.33 bits per heavy atom. The molecule has 0 bridgehead atoms. The van der Waals surface area contributed by atoms with Gasteiger partial charge in [0.05, 0.1) is 23.3 Å². The molecule has 0 aliphatic heterocycles. The molecule has 0 spiro atoms. The lowest BCUT2D eigenvalue weighted by Crippen LogP contribution is -2.27. The van der Waals surface area contributed by atoms with Gasteiger partial charge in [0.1, 0.15) is 11.1 Å². The van der Waals surface area contributed by atoms with Crippen LogP contribution in [-0.4, -0.2) is 37.1 Å². The van der Waals surface area contributed by atoms with Crippen molar-refractivity contribution in [1.29, 1.82) is 0 Å². The summed E-state index contributed by atoms with van der Waals surface area (Å²) in [6.45, 7) is 4.04. The topological polar surface area (TPSA) is 105 Å². The molecular formula is C24H22Cl4O8. The number of esters is 4. The zero-order valence-electron chi connectivity index (χ0n) is 19.3. The first kappa shape index (κ1) is 29.7. The van der Waals surface area contributed by atoms with E-state index >= 15 is 0 Å². The molecule has 0 atom stereocenters. The maximum Gasteiger partial charge on any atom is 0.423 e. The number of rotatable bonds is 10. The third kappa shape index (κ3) is 8.27. The highest BCUT2D eigenvalue weighted by molar-refractivity contribution is 6.38. The zero-order valence-corrected chi connectivity index (χ0v) is 22.4. The Bertz CT molecular complexity index is 1060. The number of benzene rings is 2. The van der Waals surface area contributed by atoms with Crippen LogP contribution < -0.4 is 9.47 Å². The summed E-state index contributed by atoms with van der Waals surface area (Å²) >= 11 is 24.1. The van der Waals surface area contributed by atoms with E-state index in [0.29, 0.717) is 12.8 Å². The van der Waals surface area contributed by atoms with Crippen molar-refractivity contribution in [2.45, 2.75) is 39.5 Å². The molecule has 0 aliphatic rings. The van der Waals surface area contributed by atoms with E-state index < -0.39 is 35.4 Å². The van der Waals surface area contributed by atoms with Crippen LogP contribution in [0.3, 0.4) is 0 Å². The lowest BCUT2D eigenvalue weighted by Gasteiger charge is -2.14. The van der Waals surface area contributed by atoms with Gasteiger partial charge < -0.3 is 18.9 Å². The lowest BCUT2D eigenvalue weighted by atomic mass is 10.2. The van der Waals surface area contributed by atoms with Crippen molar-refractivity contribution in [2.24, 2.45) is 0 Å². The summed E-state index contributed by atoms with van der Waals surface area (Å²) in [5.41, 5.74) is -0.538. The molecule has 36 heavy (non-hydrogen) atoms. The molecule has 0 saturated heterocycles. The monoisotopic (exact) mass is 578 g/mol. The number of carbonyl (C=O) groups excluding carboxylic acids is 4. The lowest BCUT2D eigenvalue weighted by molar-refractivity contribution is -0.156. The van der Waals surface area contributed by atoms with Crippen molar-refractivity contribution < 1.29 is 38.1 Å². The zero-order chi connectivity index (χ0) is 26.8. The molecule has 0 heterocycles. The second-order valence-electron chi connectivity index (χ2n) is 7.29. The highest BCUT2D eigenvalue weighted by Gasteiger charge is 2.29. The quantitative estimate of drug-likeness (QED) is 0.132. The number of hydrogen-bond acceptors (Lipinski definition) is 8. The molecule has 2 aromatic rings. The minimum Gasteiger partial charge on any atom is -0.462 e. The molecule has 8 nitrogen and oxygen atoms in total. The van der Waals surface area contributed by atoms with Crippen LogP contribution >= 0.6 is 46.4 Å². The van der Waals surface area contributed by atoms with Crippen LogP contribution in [0.2, 0.25) is 20.1 Å². The fraction of sp³-hybridized carbons (Fsp3) is 0.333. The number of ether oxygens (including phenoxy) is 4. The van der Waals surface area contributed by atoms with E-state index in [9.17, 15) is 19.2 Å². The van der Waals surface area contributed by atoms with Crippen molar-refractivity contribution >= 4 is 70.3 Å². The molecule has 0 unspecified atom stereocenters. The third-order valence-electron chi connectivity index (χ3n) is 4.47. The van der Waals surface area contributed by atoms with Gasteiger partial charge in [-0.3, -0.25) is 0 Å². The fourth-order valence-electron chi connectivity index (χ4n) is 2.67. The Hall–Kier alpha value is -2.52. The van der Waals surface area contributed by atoms with E-state index in [1.165, 1.54) is 24.3 Å². The van der Waals surface area contributed by atoms with E-state index in [4.69, 9.17) is 65.4 Å². The number of carbonyl (C=O) groups is 4. The largest absolute Gasteiger partial charge is 0.462 e. The van der Waals surface area contributed by atoms with Crippen LogP contribution in [0.1, 0.15) is 60.2 Å². The van der Waals surface area contributed by atoms with Crippen molar-refractivity contribution in [2.75, 3.05) is 13.2 Å². The van der Waals surface area contributed by atoms with Crippen molar-refractivity contribution in [3.8, 4) is 11.5 Å². The average Bonchev–Trinajstić information content (AvgIpc) is 2.81. The Kier molecular flexibility index (Phi) is 11.8. The summed E-state index contributed by atoms with van der Waals surface area (Å²) < 4.78 is 20.3. The second kappa shape index (κ2) is 14.3. The average molecular weight is 580 g/mol. The van der Waals surface area contributed by atoms with E-state index in [1.54, 1.807) is 0 Å².